The van der Waals surface area contributed by atoms with E-state index in [2.05, 4.69) is 10.1 Å². The summed E-state index contributed by atoms with van der Waals surface area (Å²) in [5.41, 5.74) is 5.44. The molecule has 0 aliphatic rings. The molecule has 102 valence electrons. The Balaban J connectivity index is 1.85. The van der Waals surface area contributed by atoms with Gasteiger partial charge in [0.05, 0.1) is 10.8 Å². The van der Waals surface area contributed by atoms with Gasteiger partial charge in [0.1, 0.15) is 0 Å². The Morgan fingerprint density at radius 2 is 2.11 bits per heavy atom. The van der Waals surface area contributed by atoms with Crippen molar-refractivity contribution in [3.8, 4) is 0 Å². The third kappa shape index (κ3) is 4.53. The zero-order valence-corrected chi connectivity index (χ0v) is 12.1. The van der Waals surface area contributed by atoms with Crippen molar-refractivity contribution in [3.63, 3.8) is 0 Å². The molecule has 0 unspecified atom stereocenters. The molecule has 1 aromatic carbocycles. The predicted octanol–water partition coefficient (Wildman–Crippen LogP) is 3.30. The van der Waals surface area contributed by atoms with Gasteiger partial charge < -0.3 is 10.3 Å². The molecule has 2 rings (SSSR count). The SMILES string of the molecule is NCCCCc1nc(CSc2ccccc2Cl)no1. The van der Waals surface area contributed by atoms with E-state index in [0.717, 1.165) is 29.2 Å². The highest BCUT2D eigenvalue weighted by Gasteiger charge is 2.07. The van der Waals surface area contributed by atoms with Crippen molar-refractivity contribution in [1.82, 2.24) is 10.1 Å². The number of thioether (sulfide) groups is 1. The summed E-state index contributed by atoms with van der Waals surface area (Å²) in [5.74, 6) is 2.04. The summed E-state index contributed by atoms with van der Waals surface area (Å²) in [6, 6.07) is 7.73. The van der Waals surface area contributed by atoms with Crippen LogP contribution in [0.15, 0.2) is 33.7 Å². The van der Waals surface area contributed by atoms with Crippen molar-refractivity contribution >= 4 is 23.4 Å². The van der Waals surface area contributed by atoms with Gasteiger partial charge in [-0.3, -0.25) is 0 Å². The lowest BCUT2D eigenvalue weighted by atomic mass is 10.2. The summed E-state index contributed by atoms with van der Waals surface area (Å²) < 4.78 is 5.18. The minimum atomic E-state index is 0.657. The maximum atomic E-state index is 6.08. The van der Waals surface area contributed by atoms with Crippen LogP contribution in [0.1, 0.15) is 24.6 Å². The molecule has 1 aromatic heterocycles. The molecule has 0 radical (unpaired) electrons. The molecule has 0 aliphatic heterocycles. The molecule has 0 fully saturated rings. The lowest BCUT2D eigenvalue weighted by Gasteiger charge is -2.00. The van der Waals surface area contributed by atoms with E-state index >= 15 is 0 Å². The number of halogens is 1. The van der Waals surface area contributed by atoms with Gasteiger partial charge in [-0.1, -0.05) is 28.9 Å². The van der Waals surface area contributed by atoms with E-state index in [1.54, 1.807) is 11.8 Å². The number of rotatable bonds is 7. The van der Waals surface area contributed by atoms with Crippen molar-refractivity contribution in [2.24, 2.45) is 5.73 Å². The number of nitrogens with two attached hydrogens (primary N) is 1. The van der Waals surface area contributed by atoms with Crippen LogP contribution < -0.4 is 5.73 Å². The van der Waals surface area contributed by atoms with Gasteiger partial charge in [-0.25, -0.2) is 0 Å². The number of unbranched alkanes of at least 4 members (excludes halogenated alkanes) is 1. The first-order valence-electron chi connectivity index (χ1n) is 6.18. The standard InChI is InChI=1S/C13H16ClN3OS/c14-10-5-1-2-6-11(10)19-9-12-16-13(18-17-12)7-3-4-8-15/h1-2,5-6H,3-4,7-9,15H2. The molecule has 0 amide bonds. The topological polar surface area (TPSA) is 64.9 Å². The zero-order valence-electron chi connectivity index (χ0n) is 10.5. The van der Waals surface area contributed by atoms with E-state index in [-0.39, 0.29) is 0 Å². The van der Waals surface area contributed by atoms with Crippen LogP contribution in [0.4, 0.5) is 0 Å². The van der Waals surface area contributed by atoms with Crippen LogP contribution in [0.3, 0.4) is 0 Å². The van der Waals surface area contributed by atoms with Crippen molar-refractivity contribution in [2.75, 3.05) is 6.54 Å². The van der Waals surface area contributed by atoms with Crippen LogP contribution in [0, 0.1) is 0 Å². The summed E-state index contributed by atoms with van der Waals surface area (Å²) in [4.78, 5) is 5.37. The quantitative estimate of drug-likeness (QED) is 0.627. The van der Waals surface area contributed by atoms with Gasteiger partial charge in [-0.05, 0) is 31.5 Å². The molecule has 0 bridgehead atoms. The Morgan fingerprint density at radius 1 is 1.26 bits per heavy atom. The highest BCUT2D eigenvalue weighted by atomic mass is 35.5. The second-order valence-electron chi connectivity index (χ2n) is 4.07. The van der Waals surface area contributed by atoms with E-state index in [4.69, 9.17) is 21.9 Å². The highest BCUT2D eigenvalue weighted by Crippen LogP contribution is 2.28. The van der Waals surface area contributed by atoms with Gasteiger partial charge in [0.2, 0.25) is 5.89 Å². The normalized spacial score (nSPS) is 10.8. The molecule has 0 aliphatic carbocycles. The maximum absolute atomic E-state index is 6.08. The van der Waals surface area contributed by atoms with E-state index in [9.17, 15) is 0 Å². The summed E-state index contributed by atoms with van der Waals surface area (Å²) >= 11 is 7.69. The van der Waals surface area contributed by atoms with E-state index in [0.29, 0.717) is 24.0 Å². The van der Waals surface area contributed by atoms with Crippen LogP contribution in [0.25, 0.3) is 0 Å². The third-order valence-electron chi connectivity index (χ3n) is 2.55. The van der Waals surface area contributed by atoms with Crippen LogP contribution in [0.5, 0.6) is 0 Å². The molecular formula is C13H16ClN3OS. The van der Waals surface area contributed by atoms with E-state index in [1.807, 2.05) is 24.3 Å². The lowest BCUT2D eigenvalue weighted by molar-refractivity contribution is 0.371. The van der Waals surface area contributed by atoms with Crippen molar-refractivity contribution in [2.45, 2.75) is 29.9 Å². The molecule has 6 heteroatoms. The molecular weight excluding hydrogens is 282 g/mol. The fourth-order valence-electron chi connectivity index (χ4n) is 1.57. The summed E-state index contributed by atoms with van der Waals surface area (Å²) in [7, 11) is 0. The molecule has 4 nitrogen and oxygen atoms in total. The smallest absolute Gasteiger partial charge is 0.226 e. The largest absolute Gasteiger partial charge is 0.339 e. The van der Waals surface area contributed by atoms with Gasteiger partial charge >= 0.3 is 0 Å². The molecule has 19 heavy (non-hydrogen) atoms. The van der Waals surface area contributed by atoms with Crippen LogP contribution in [0.2, 0.25) is 5.02 Å². The number of aryl methyl sites for hydroxylation is 1. The number of hydrogen-bond donors (Lipinski definition) is 1. The van der Waals surface area contributed by atoms with Crippen molar-refractivity contribution < 1.29 is 4.52 Å². The minimum Gasteiger partial charge on any atom is -0.339 e. The first kappa shape index (κ1) is 14.4. The Bertz CT molecular complexity index is 518. The Labute approximate surface area is 121 Å². The van der Waals surface area contributed by atoms with Gasteiger partial charge in [-0.15, -0.1) is 11.8 Å². The van der Waals surface area contributed by atoms with E-state index in [1.165, 1.54) is 0 Å². The first-order chi connectivity index (χ1) is 9.29. The maximum Gasteiger partial charge on any atom is 0.226 e. The Kier molecular flexibility index (Phi) is 5.69. The van der Waals surface area contributed by atoms with Crippen LogP contribution in [-0.4, -0.2) is 16.7 Å². The van der Waals surface area contributed by atoms with Gasteiger partial charge in [0.25, 0.3) is 0 Å². The number of aromatic nitrogens is 2. The second-order valence-corrected chi connectivity index (χ2v) is 5.49. The van der Waals surface area contributed by atoms with Crippen molar-refractivity contribution in [3.05, 3.63) is 41.0 Å². The van der Waals surface area contributed by atoms with Gasteiger partial charge in [0.15, 0.2) is 5.82 Å². The Hall–Kier alpha value is -1.04. The lowest BCUT2D eigenvalue weighted by Crippen LogP contribution is -1.99. The van der Waals surface area contributed by atoms with Crippen LogP contribution >= 0.6 is 23.4 Å². The number of hydrogen-bond acceptors (Lipinski definition) is 5. The Morgan fingerprint density at radius 3 is 2.89 bits per heavy atom. The van der Waals surface area contributed by atoms with Crippen molar-refractivity contribution in [1.29, 1.82) is 0 Å². The number of benzene rings is 1. The average molecular weight is 298 g/mol. The summed E-state index contributed by atoms with van der Waals surface area (Å²) in [6.45, 7) is 0.698. The zero-order chi connectivity index (χ0) is 13.5. The molecule has 2 aromatic rings. The number of nitrogens with zero attached hydrogens (tertiary/aromatic N) is 2. The third-order valence-corrected chi connectivity index (χ3v) is 4.06. The minimum absolute atomic E-state index is 0.657. The molecule has 0 atom stereocenters. The highest BCUT2D eigenvalue weighted by molar-refractivity contribution is 7.98. The van der Waals surface area contributed by atoms with Gasteiger partial charge in [0, 0.05) is 11.3 Å². The molecule has 0 spiro atoms. The van der Waals surface area contributed by atoms with Crippen LogP contribution in [-0.2, 0) is 12.2 Å². The summed E-state index contributed by atoms with van der Waals surface area (Å²) in [5, 5.41) is 4.71. The van der Waals surface area contributed by atoms with Gasteiger partial charge in [-0.2, -0.15) is 4.98 Å². The molecule has 0 saturated heterocycles. The average Bonchev–Trinajstić information content (AvgIpc) is 2.86. The second kappa shape index (κ2) is 7.53. The molecule has 1 heterocycles. The van der Waals surface area contributed by atoms with E-state index < -0.39 is 0 Å². The fourth-order valence-corrected chi connectivity index (χ4v) is 2.66. The monoisotopic (exact) mass is 297 g/mol. The molecule has 2 N–H and O–H groups in total. The first-order valence-corrected chi connectivity index (χ1v) is 7.55. The fraction of sp³-hybridized carbons (Fsp3) is 0.385. The molecule has 0 saturated carbocycles. The summed E-state index contributed by atoms with van der Waals surface area (Å²) in [6.07, 6.45) is 2.75. The predicted molar refractivity (Wildman–Crippen MR) is 77.3 cm³/mol.